The fourth-order valence-corrected chi connectivity index (χ4v) is 5.29. The Kier molecular flexibility index (Phi) is 4.76. The number of pyridine rings is 1. The molecule has 1 unspecified atom stereocenters. The van der Waals surface area contributed by atoms with Crippen LogP contribution in [0.1, 0.15) is 36.5 Å². The van der Waals surface area contributed by atoms with Crippen molar-refractivity contribution in [3.63, 3.8) is 0 Å². The van der Waals surface area contributed by atoms with Gasteiger partial charge in [0.2, 0.25) is 0 Å². The number of hydrogen-bond donors (Lipinski definition) is 2. The summed E-state index contributed by atoms with van der Waals surface area (Å²) < 4.78 is 11.0. The molecule has 1 fully saturated rings. The maximum atomic E-state index is 11.2. The molecule has 2 N–H and O–H groups in total. The van der Waals surface area contributed by atoms with E-state index in [1.54, 1.807) is 26.5 Å². The molecule has 148 valence electrons. The Morgan fingerprint density at radius 2 is 1.79 bits per heavy atom. The highest BCUT2D eigenvalue weighted by atomic mass is 35.5. The second-order valence-corrected chi connectivity index (χ2v) is 7.70. The molecule has 0 bridgehead atoms. The normalized spacial score (nSPS) is 23.2. The van der Waals surface area contributed by atoms with Crippen LogP contribution in [0, 0.1) is 11.8 Å². The monoisotopic (exact) mass is 401 g/mol. The summed E-state index contributed by atoms with van der Waals surface area (Å²) in [6.45, 7) is 0. The van der Waals surface area contributed by atoms with Crippen LogP contribution in [-0.4, -0.2) is 29.4 Å². The fraction of sp³-hybridized carbons (Fsp3) is 0.409. The molecule has 0 saturated heterocycles. The molecule has 3 atom stereocenters. The first-order chi connectivity index (χ1) is 13.1. The number of aromatic nitrogens is 1. The average Bonchev–Trinajstić information content (AvgIpc) is 3.16. The van der Waals surface area contributed by atoms with E-state index in [0.717, 1.165) is 47.6 Å². The SMILES string of the molecule is COc1cc2c3c(c4nccc(O)c4c2cc1OC)[C@@H](O)[C@H]1CCCC1C3.Cl. The predicted molar refractivity (Wildman–Crippen MR) is 111 cm³/mol. The van der Waals surface area contributed by atoms with E-state index in [1.165, 1.54) is 0 Å². The quantitative estimate of drug-likeness (QED) is 0.617. The first-order valence-corrected chi connectivity index (χ1v) is 9.50. The Morgan fingerprint density at radius 1 is 1.07 bits per heavy atom. The lowest BCUT2D eigenvalue weighted by Gasteiger charge is -2.34. The lowest BCUT2D eigenvalue weighted by molar-refractivity contribution is 0.0758. The van der Waals surface area contributed by atoms with Crippen LogP contribution in [0.3, 0.4) is 0 Å². The van der Waals surface area contributed by atoms with Gasteiger partial charge in [-0.25, -0.2) is 0 Å². The minimum atomic E-state index is -0.546. The summed E-state index contributed by atoms with van der Waals surface area (Å²) >= 11 is 0. The van der Waals surface area contributed by atoms with Gasteiger partial charge >= 0.3 is 0 Å². The largest absolute Gasteiger partial charge is 0.507 e. The zero-order valence-electron chi connectivity index (χ0n) is 15.9. The highest BCUT2D eigenvalue weighted by Crippen LogP contribution is 2.52. The number of methoxy groups -OCH3 is 2. The molecule has 3 aromatic rings. The second kappa shape index (κ2) is 6.98. The number of aromatic hydroxyl groups is 1. The molecule has 5 nitrogen and oxygen atoms in total. The summed E-state index contributed by atoms with van der Waals surface area (Å²) in [5, 5.41) is 24.4. The zero-order chi connectivity index (χ0) is 18.7. The lowest BCUT2D eigenvalue weighted by Crippen LogP contribution is -2.26. The van der Waals surface area contributed by atoms with Crippen LogP contribution in [0.15, 0.2) is 24.4 Å². The van der Waals surface area contributed by atoms with Crippen molar-refractivity contribution in [2.45, 2.75) is 31.8 Å². The number of aliphatic hydroxyl groups excluding tert-OH is 1. The molecule has 6 heteroatoms. The molecule has 0 aliphatic heterocycles. The van der Waals surface area contributed by atoms with Gasteiger partial charge < -0.3 is 19.7 Å². The van der Waals surface area contributed by atoms with Crippen molar-refractivity contribution in [1.29, 1.82) is 0 Å². The van der Waals surface area contributed by atoms with Crippen LogP contribution in [-0.2, 0) is 6.42 Å². The van der Waals surface area contributed by atoms with Crippen LogP contribution in [0.4, 0.5) is 0 Å². The topological polar surface area (TPSA) is 71.8 Å². The Labute approximate surface area is 169 Å². The number of ether oxygens (including phenoxy) is 2. The fourth-order valence-electron chi connectivity index (χ4n) is 5.29. The summed E-state index contributed by atoms with van der Waals surface area (Å²) in [6, 6.07) is 5.48. The second-order valence-electron chi connectivity index (χ2n) is 7.70. The van der Waals surface area contributed by atoms with Gasteiger partial charge in [0.1, 0.15) is 5.75 Å². The summed E-state index contributed by atoms with van der Waals surface area (Å²) in [7, 11) is 3.23. The van der Waals surface area contributed by atoms with E-state index < -0.39 is 6.10 Å². The molecule has 1 heterocycles. The lowest BCUT2D eigenvalue weighted by atomic mass is 9.73. The standard InChI is InChI=1S/C22H23NO4.ClH/c1-26-17-9-13-14-8-11-4-3-5-12(11)22(25)20(14)21-19(16(24)6-7-23-21)15(13)10-18(17)27-2;/h6-7,9-12,22,25H,3-5,8H2,1-2H3,(H,23,24);1H/t11?,12-,22-;/m0./s1. The third kappa shape index (κ3) is 2.53. The number of halogens is 1. The van der Waals surface area contributed by atoms with Crippen LogP contribution in [0.2, 0.25) is 0 Å². The van der Waals surface area contributed by atoms with Crippen molar-refractivity contribution in [3.8, 4) is 17.2 Å². The molecule has 0 amide bonds. The smallest absolute Gasteiger partial charge is 0.161 e. The Bertz CT molecular complexity index is 1070. The van der Waals surface area contributed by atoms with Gasteiger partial charge in [-0.3, -0.25) is 4.98 Å². The number of aliphatic hydroxyl groups is 1. The van der Waals surface area contributed by atoms with Gasteiger partial charge in [0, 0.05) is 11.8 Å². The molecule has 2 aliphatic carbocycles. The number of hydrogen-bond acceptors (Lipinski definition) is 5. The Balaban J connectivity index is 0.00000192. The maximum Gasteiger partial charge on any atom is 0.161 e. The van der Waals surface area contributed by atoms with Gasteiger partial charge in [-0.2, -0.15) is 0 Å². The number of rotatable bonds is 2. The summed E-state index contributed by atoms with van der Waals surface area (Å²) in [4.78, 5) is 4.58. The highest BCUT2D eigenvalue weighted by molar-refractivity contribution is 6.13. The Morgan fingerprint density at radius 3 is 2.50 bits per heavy atom. The molecule has 0 spiro atoms. The molecule has 1 saturated carbocycles. The van der Waals surface area contributed by atoms with E-state index in [0.29, 0.717) is 28.3 Å². The average molecular weight is 402 g/mol. The van der Waals surface area contributed by atoms with Gasteiger partial charge in [0.05, 0.1) is 31.2 Å². The van der Waals surface area contributed by atoms with Crippen LogP contribution in [0.5, 0.6) is 17.2 Å². The number of fused-ring (bicyclic) bond motifs is 7. The molecule has 0 radical (unpaired) electrons. The van der Waals surface area contributed by atoms with Crippen LogP contribution in [0.25, 0.3) is 21.7 Å². The first kappa shape index (κ1) is 19.1. The predicted octanol–water partition coefficient (Wildman–Crippen LogP) is 4.54. The van der Waals surface area contributed by atoms with E-state index in [-0.39, 0.29) is 24.1 Å². The van der Waals surface area contributed by atoms with E-state index in [4.69, 9.17) is 9.47 Å². The van der Waals surface area contributed by atoms with Crippen molar-refractivity contribution < 1.29 is 19.7 Å². The molecular weight excluding hydrogens is 378 g/mol. The molecule has 1 aromatic heterocycles. The van der Waals surface area contributed by atoms with E-state index >= 15 is 0 Å². The van der Waals surface area contributed by atoms with Crippen LogP contribution >= 0.6 is 12.4 Å². The van der Waals surface area contributed by atoms with Gasteiger partial charge in [-0.05, 0) is 65.6 Å². The van der Waals surface area contributed by atoms with Crippen molar-refractivity contribution in [1.82, 2.24) is 4.98 Å². The maximum absolute atomic E-state index is 11.2. The van der Waals surface area contributed by atoms with Crippen molar-refractivity contribution in [2.75, 3.05) is 14.2 Å². The molecule has 2 aromatic carbocycles. The highest BCUT2D eigenvalue weighted by Gasteiger charge is 2.41. The number of benzene rings is 2. The van der Waals surface area contributed by atoms with E-state index in [9.17, 15) is 10.2 Å². The van der Waals surface area contributed by atoms with Gasteiger partial charge in [-0.1, -0.05) is 6.42 Å². The summed E-state index contributed by atoms with van der Waals surface area (Å²) in [6.07, 6.45) is 5.35. The van der Waals surface area contributed by atoms with Crippen molar-refractivity contribution in [3.05, 3.63) is 35.5 Å². The van der Waals surface area contributed by atoms with Gasteiger partial charge in [0.15, 0.2) is 11.5 Å². The Hall–Kier alpha value is -2.24. The molecule has 5 rings (SSSR count). The molecule has 2 aliphatic rings. The van der Waals surface area contributed by atoms with Gasteiger partial charge in [-0.15, -0.1) is 12.4 Å². The third-order valence-corrected chi connectivity index (χ3v) is 6.51. The van der Waals surface area contributed by atoms with Gasteiger partial charge in [0.25, 0.3) is 0 Å². The minimum absolute atomic E-state index is 0. The minimum Gasteiger partial charge on any atom is -0.507 e. The van der Waals surface area contributed by atoms with E-state index in [1.807, 2.05) is 12.1 Å². The van der Waals surface area contributed by atoms with Crippen LogP contribution < -0.4 is 9.47 Å². The van der Waals surface area contributed by atoms with E-state index in [2.05, 4.69) is 4.98 Å². The first-order valence-electron chi connectivity index (χ1n) is 9.50. The van der Waals surface area contributed by atoms with Crippen molar-refractivity contribution in [2.24, 2.45) is 11.8 Å². The molecular formula is C22H24ClNO4. The third-order valence-electron chi connectivity index (χ3n) is 6.51. The zero-order valence-corrected chi connectivity index (χ0v) is 16.8. The summed E-state index contributed by atoms with van der Waals surface area (Å²) in [5.41, 5.74) is 2.71. The molecule has 28 heavy (non-hydrogen) atoms. The number of nitrogens with zero attached hydrogens (tertiary/aromatic N) is 1. The summed E-state index contributed by atoms with van der Waals surface area (Å²) in [5.74, 6) is 2.21. The van der Waals surface area contributed by atoms with Crippen molar-refractivity contribution >= 4 is 34.1 Å².